The lowest BCUT2D eigenvalue weighted by Gasteiger charge is -2.27. The van der Waals surface area contributed by atoms with Crippen molar-refractivity contribution in [3.8, 4) is 0 Å². The molecule has 1 aliphatic rings. The van der Waals surface area contributed by atoms with E-state index in [1.807, 2.05) is 6.20 Å². The first kappa shape index (κ1) is 21.3. The van der Waals surface area contributed by atoms with Crippen LogP contribution in [-0.2, 0) is 4.74 Å². The van der Waals surface area contributed by atoms with E-state index >= 15 is 0 Å². The Kier molecular flexibility index (Phi) is 6.85. The fraction of sp³-hybridized carbons (Fsp3) is 0.346. The van der Waals surface area contributed by atoms with E-state index in [1.165, 1.54) is 22.3 Å². The van der Waals surface area contributed by atoms with Crippen LogP contribution in [0.1, 0.15) is 40.3 Å². The number of nitrogens with zero attached hydrogens (tertiary/aromatic N) is 2. The summed E-state index contributed by atoms with van der Waals surface area (Å²) >= 11 is 0. The molecule has 31 heavy (non-hydrogen) atoms. The quantitative estimate of drug-likeness (QED) is 0.551. The lowest BCUT2D eigenvalue weighted by Crippen LogP contribution is -2.37. The van der Waals surface area contributed by atoms with Gasteiger partial charge in [0.25, 0.3) is 0 Å². The van der Waals surface area contributed by atoms with Gasteiger partial charge in [-0.05, 0) is 54.7 Å². The topological polar surface area (TPSA) is 53.2 Å². The Hall–Kier alpha value is -2.89. The van der Waals surface area contributed by atoms with Crippen molar-refractivity contribution in [1.82, 2.24) is 14.9 Å². The lowest BCUT2D eigenvalue weighted by molar-refractivity contribution is 0.0385. The molecular weight excluding hydrogens is 384 g/mol. The maximum Gasteiger partial charge on any atom is 0.0922 e. The first-order valence-electron chi connectivity index (χ1n) is 11.0. The van der Waals surface area contributed by atoms with Gasteiger partial charge in [-0.1, -0.05) is 36.9 Å². The Balaban J connectivity index is 1.53. The minimum Gasteiger partial charge on any atom is -0.379 e. The third-order valence-corrected chi connectivity index (χ3v) is 6.16. The van der Waals surface area contributed by atoms with E-state index in [0.29, 0.717) is 0 Å². The Bertz CT molecular complexity index is 1010. The molecule has 2 heterocycles. The third kappa shape index (κ3) is 5.24. The third-order valence-electron chi connectivity index (χ3n) is 6.16. The van der Waals surface area contributed by atoms with Crippen LogP contribution in [0.5, 0.6) is 0 Å². The molecule has 1 atom stereocenters. The normalized spacial score (nSPS) is 15.5. The number of H-pyrrole nitrogens is 1. The van der Waals surface area contributed by atoms with Gasteiger partial charge in [0, 0.05) is 42.9 Å². The molecule has 3 aromatic rings. The molecule has 2 aromatic carbocycles. The van der Waals surface area contributed by atoms with E-state index in [2.05, 4.69) is 83.1 Å². The second-order valence-corrected chi connectivity index (χ2v) is 8.29. The summed E-state index contributed by atoms with van der Waals surface area (Å²) in [6.45, 7) is 13.3. The molecule has 1 unspecified atom stereocenters. The predicted molar refractivity (Wildman–Crippen MR) is 127 cm³/mol. The first-order chi connectivity index (χ1) is 15.1. The number of aryl methyl sites for hydroxylation is 1. The fourth-order valence-electron chi connectivity index (χ4n) is 4.22. The van der Waals surface area contributed by atoms with E-state index in [-0.39, 0.29) is 5.92 Å². The summed E-state index contributed by atoms with van der Waals surface area (Å²) in [5, 5.41) is 3.52. The van der Waals surface area contributed by atoms with Gasteiger partial charge in [-0.3, -0.25) is 4.90 Å². The fourth-order valence-corrected chi connectivity index (χ4v) is 4.22. The van der Waals surface area contributed by atoms with Crippen LogP contribution < -0.4 is 5.32 Å². The SMILES string of the molecule is C=C(CCN1CCOCC1)Nc1cccc(C(c2cnc[nH]2)c2cccc(C)c2C)c1. The molecule has 0 aliphatic carbocycles. The lowest BCUT2D eigenvalue weighted by atomic mass is 9.85. The van der Waals surface area contributed by atoms with Crippen LogP contribution in [0, 0.1) is 13.8 Å². The highest BCUT2D eigenvalue weighted by atomic mass is 16.5. The number of nitrogens with one attached hydrogen (secondary N) is 2. The van der Waals surface area contributed by atoms with Gasteiger partial charge >= 0.3 is 0 Å². The average molecular weight is 417 g/mol. The molecule has 162 valence electrons. The maximum absolute atomic E-state index is 5.43. The maximum atomic E-state index is 5.43. The number of hydrogen-bond acceptors (Lipinski definition) is 4. The monoisotopic (exact) mass is 416 g/mol. The van der Waals surface area contributed by atoms with Crippen molar-refractivity contribution in [2.45, 2.75) is 26.2 Å². The zero-order valence-electron chi connectivity index (χ0n) is 18.5. The summed E-state index contributed by atoms with van der Waals surface area (Å²) in [5.41, 5.74) is 8.34. The molecule has 5 heteroatoms. The summed E-state index contributed by atoms with van der Waals surface area (Å²) < 4.78 is 5.43. The summed E-state index contributed by atoms with van der Waals surface area (Å²) in [7, 11) is 0. The van der Waals surface area contributed by atoms with Gasteiger partial charge in [-0.25, -0.2) is 4.98 Å². The minimum absolute atomic E-state index is 0.103. The van der Waals surface area contributed by atoms with Crippen LogP contribution >= 0.6 is 0 Å². The van der Waals surface area contributed by atoms with Crippen molar-refractivity contribution in [1.29, 1.82) is 0 Å². The van der Waals surface area contributed by atoms with E-state index in [4.69, 9.17) is 4.74 Å². The van der Waals surface area contributed by atoms with Crippen LogP contribution in [0.15, 0.2) is 67.3 Å². The van der Waals surface area contributed by atoms with Gasteiger partial charge < -0.3 is 15.0 Å². The number of anilines is 1. The van der Waals surface area contributed by atoms with E-state index in [1.54, 1.807) is 6.33 Å². The molecule has 4 rings (SSSR count). The summed E-state index contributed by atoms with van der Waals surface area (Å²) in [6.07, 6.45) is 4.60. The molecule has 0 spiro atoms. The van der Waals surface area contributed by atoms with Crippen molar-refractivity contribution >= 4 is 5.69 Å². The van der Waals surface area contributed by atoms with Gasteiger partial charge in [0.2, 0.25) is 0 Å². The van der Waals surface area contributed by atoms with Crippen molar-refractivity contribution in [3.05, 3.63) is 95.2 Å². The van der Waals surface area contributed by atoms with Crippen molar-refractivity contribution < 1.29 is 4.74 Å². The molecule has 0 radical (unpaired) electrons. The van der Waals surface area contributed by atoms with Crippen molar-refractivity contribution in [2.24, 2.45) is 0 Å². The van der Waals surface area contributed by atoms with Crippen LogP contribution in [0.3, 0.4) is 0 Å². The highest BCUT2D eigenvalue weighted by molar-refractivity contribution is 5.54. The molecule has 1 aromatic heterocycles. The Morgan fingerprint density at radius 2 is 2.00 bits per heavy atom. The number of benzene rings is 2. The zero-order chi connectivity index (χ0) is 21.6. The first-order valence-corrected chi connectivity index (χ1v) is 11.0. The van der Waals surface area contributed by atoms with Gasteiger partial charge in [-0.2, -0.15) is 0 Å². The van der Waals surface area contributed by atoms with E-state index in [9.17, 15) is 0 Å². The highest BCUT2D eigenvalue weighted by Gasteiger charge is 2.21. The van der Waals surface area contributed by atoms with Crippen molar-refractivity contribution in [3.63, 3.8) is 0 Å². The highest BCUT2D eigenvalue weighted by Crippen LogP contribution is 2.34. The van der Waals surface area contributed by atoms with Crippen LogP contribution in [0.4, 0.5) is 5.69 Å². The predicted octanol–water partition coefficient (Wildman–Crippen LogP) is 4.85. The van der Waals surface area contributed by atoms with Crippen LogP contribution in [0.25, 0.3) is 0 Å². The molecule has 0 amide bonds. The number of morpholine rings is 1. The molecular formula is C26H32N4O. The van der Waals surface area contributed by atoms with Crippen LogP contribution in [0.2, 0.25) is 0 Å². The average Bonchev–Trinajstić information content (AvgIpc) is 3.31. The number of aromatic amines is 1. The molecule has 0 saturated carbocycles. The van der Waals surface area contributed by atoms with Gasteiger partial charge in [0.15, 0.2) is 0 Å². The molecule has 5 nitrogen and oxygen atoms in total. The number of ether oxygens (including phenoxy) is 1. The number of aromatic nitrogens is 2. The van der Waals surface area contributed by atoms with Crippen LogP contribution in [-0.4, -0.2) is 47.7 Å². The molecule has 0 bridgehead atoms. The summed E-state index contributed by atoms with van der Waals surface area (Å²) in [6, 6.07) is 15.2. The second-order valence-electron chi connectivity index (χ2n) is 8.29. The zero-order valence-corrected chi connectivity index (χ0v) is 18.5. The van der Waals surface area contributed by atoms with Crippen molar-refractivity contribution in [2.75, 3.05) is 38.2 Å². The number of rotatable bonds is 8. The largest absolute Gasteiger partial charge is 0.379 e. The molecule has 2 N–H and O–H groups in total. The number of imidazole rings is 1. The summed E-state index contributed by atoms with van der Waals surface area (Å²) in [4.78, 5) is 10.1. The van der Waals surface area contributed by atoms with E-state index in [0.717, 1.165) is 56.3 Å². The standard InChI is InChI=1S/C26H32N4O/c1-19-6-4-9-24(21(19)3)26(25-17-27-18-28-25)22-7-5-8-23(16-22)29-20(2)10-11-30-12-14-31-15-13-30/h4-9,16-18,26,29H,2,10-15H2,1,3H3,(H,27,28). The second kappa shape index (κ2) is 9.94. The van der Waals surface area contributed by atoms with Gasteiger partial charge in [0.05, 0.1) is 25.5 Å². The van der Waals surface area contributed by atoms with Gasteiger partial charge in [-0.15, -0.1) is 0 Å². The Labute approximate surface area is 185 Å². The van der Waals surface area contributed by atoms with E-state index < -0.39 is 0 Å². The van der Waals surface area contributed by atoms with Gasteiger partial charge in [0.1, 0.15) is 0 Å². The number of hydrogen-bond donors (Lipinski definition) is 2. The smallest absolute Gasteiger partial charge is 0.0922 e. The molecule has 1 fully saturated rings. The molecule has 1 saturated heterocycles. The molecule has 1 aliphatic heterocycles. The summed E-state index contributed by atoms with van der Waals surface area (Å²) in [5.74, 6) is 0.103. The Morgan fingerprint density at radius 3 is 2.77 bits per heavy atom. The minimum atomic E-state index is 0.103. The Morgan fingerprint density at radius 1 is 1.19 bits per heavy atom.